The van der Waals surface area contributed by atoms with Gasteiger partial charge in [-0.2, -0.15) is 0 Å². The Labute approximate surface area is 88.6 Å². The molecule has 0 aliphatic carbocycles. The minimum Gasteiger partial charge on any atom is -0.382 e. The van der Waals surface area contributed by atoms with E-state index in [9.17, 15) is 0 Å². The molecule has 1 rings (SSSR count). The Bertz CT molecular complexity index is 325. The minimum absolute atomic E-state index is 0.0246. The summed E-state index contributed by atoms with van der Waals surface area (Å²) in [7, 11) is 0. The van der Waals surface area contributed by atoms with Crippen LogP contribution in [0.4, 0.5) is 0 Å². The number of nitrogen functional groups attached to an aromatic ring is 1. The van der Waals surface area contributed by atoms with Gasteiger partial charge in [0.2, 0.25) is 0 Å². The van der Waals surface area contributed by atoms with Crippen LogP contribution in [0, 0.1) is 5.41 Å². The van der Waals surface area contributed by atoms with Crippen LogP contribution < -0.4 is 5.73 Å². The highest BCUT2D eigenvalue weighted by molar-refractivity contribution is 7.99. The largest absolute Gasteiger partial charge is 0.382 e. The molecule has 0 aliphatic heterocycles. The van der Waals surface area contributed by atoms with Crippen molar-refractivity contribution < 1.29 is 0 Å². The zero-order chi connectivity index (χ0) is 10.6. The van der Waals surface area contributed by atoms with Gasteiger partial charge in [-0.1, -0.05) is 19.9 Å². The first-order valence-electron chi connectivity index (χ1n) is 4.61. The standard InChI is InChI=1S/C10H15N3S/c1-3-7(2)14-9-6-4-5-8(13-9)10(11)12/h4-7H,3H2,1-2H3,(H3,11,12). The fourth-order valence-corrected chi connectivity index (χ4v) is 1.81. The van der Waals surface area contributed by atoms with Crippen molar-refractivity contribution in [2.45, 2.75) is 30.5 Å². The first-order valence-corrected chi connectivity index (χ1v) is 5.49. The molecule has 0 aromatic carbocycles. The van der Waals surface area contributed by atoms with Crippen LogP contribution in [-0.2, 0) is 0 Å². The Morgan fingerprint density at radius 2 is 2.36 bits per heavy atom. The van der Waals surface area contributed by atoms with Crippen LogP contribution in [0.1, 0.15) is 26.0 Å². The van der Waals surface area contributed by atoms with Gasteiger partial charge in [0.15, 0.2) is 0 Å². The molecule has 1 unspecified atom stereocenters. The summed E-state index contributed by atoms with van der Waals surface area (Å²) in [4.78, 5) is 4.27. The molecule has 1 aromatic heterocycles. The molecule has 3 N–H and O–H groups in total. The van der Waals surface area contributed by atoms with Gasteiger partial charge >= 0.3 is 0 Å². The molecule has 0 saturated carbocycles. The Morgan fingerprint density at radius 3 is 2.93 bits per heavy atom. The fraction of sp³-hybridized carbons (Fsp3) is 0.400. The summed E-state index contributed by atoms with van der Waals surface area (Å²) in [6, 6.07) is 5.58. The number of nitrogens with zero attached hydrogens (tertiary/aromatic N) is 1. The average Bonchev–Trinajstić information content (AvgIpc) is 2.18. The smallest absolute Gasteiger partial charge is 0.141 e. The molecule has 4 heteroatoms. The maximum atomic E-state index is 7.27. The zero-order valence-corrected chi connectivity index (χ0v) is 9.27. The van der Waals surface area contributed by atoms with Crippen molar-refractivity contribution >= 4 is 17.6 Å². The SMILES string of the molecule is CCC(C)Sc1cccc(C(=N)N)n1. The molecule has 1 aromatic rings. The lowest BCUT2D eigenvalue weighted by Crippen LogP contribution is -2.13. The fourth-order valence-electron chi connectivity index (χ4n) is 0.920. The summed E-state index contributed by atoms with van der Waals surface area (Å²) < 4.78 is 0. The third kappa shape index (κ3) is 3.03. The first-order chi connectivity index (χ1) is 6.63. The molecular formula is C10H15N3S. The molecule has 14 heavy (non-hydrogen) atoms. The Balaban J connectivity index is 2.78. The lowest BCUT2D eigenvalue weighted by Gasteiger charge is -2.07. The number of amidine groups is 1. The summed E-state index contributed by atoms with van der Waals surface area (Å²) in [5.41, 5.74) is 5.91. The molecule has 0 spiro atoms. The number of nitrogens with two attached hydrogens (primary N) is 1. The molecule has 1 heterocycles. The molecule has 3 nitrogen and oxygen atoms in total. The van der Waals surface area contributed by atoms with Crippen molar-refractivity contribution in [2.24, 2.45) is 5.73 Å². The van der Waals surface area contributed by atoms with Crippen LogP contribution in [-0.4, -0.2) is 16.1 Å². The maximum Gasteiger partial charge on any atom is 0.141 e. The van der Waals surface area contributed by atoms with Gasteiger partial charge in [0, 0.05) is 5.25 Å². The van der Waals surface area contributed by atoms with Gasteiger partial charge in [-0.25, -0.2) is 4.98 Å². The highest BCUT2D eigenvalue weighted by Gasteiger charge is 2.04. The second kappa shape index (κ2) is 5.00. The molecule has 0 aliphatic rings. The summed E-state index contributed by atoms with van der Waals surface area (Å²) in [6.07, 6.45) is 1.11. The van der Waals surface area contributed by atoms with Gasteiger partial charge in [-0.3, -0.25) is 5.41 Å². The van der Waals surface area contributed by atoms with E-state index in [4.69, 9.17) is 11.1 Å². The first kappa shape index (κ1) is 11.0. The monoisotopic (exact) mass is 209 g/mol. The number of hydrogen-bond donors (Lipinski definition) is 2. The van der Waals surface area contributed by atoms with Gasteiger partial charge in [-0.05, 0) is 18.6 Å². The molecule has 0 amide bonds. The Hall–Kier alpha value is -1.03. The second-order valence-corrected chi connectivity index (χ2v) is 4.57. The summed E-state index contributed by atoms with van der Waals surface area (Å²) >= 11 is 1.71. The molecule has 0 radical (unpaired) electrons. The van der Waals surface area contributed by atoms with E-state index in [0.29, 0.717) is 10.9 Å². The number of thioether (sulfide) groups is 1. The summed E-state index contributed by atoms with van der Waals surface area (Å²) in [5, 5.41) is 8.75. The van der Waals surface area contributed by atoms with E-state index in [-0.39, 0.29) is 5.84 Å². The number of aromatic nitrogens is 1. The van der Waals surface area contributed by atoms with E-state index >= 15 is 0 Å². The van der Waals surface area contributed by atoms with Crippen LogP contribution in [0.2, 0.25) is 0 Å². The van der Waals surface area contributed by atoms with E-state index in [1.807, 2.05) is 12.1 Å². The molecule has 1 atom stereocenters. The highest BCUT2D eigenvalue weighted by atomic mass is 32.2. The third-order valence-electron chi connectivity index (χ3n) is 1.90. The minimum atomic E-state index is 0.0246. The highest BCUT2D eigenvalue weighted by Crippen LogP contribution is 2.22. The molecule has 0 saturated heterocycles. The van der Waals surface area contributed by atoms with Gasteiger partial charge in [0.25, 0.3) is 0 Å². The van der Waals surface area contributed by atoms with Crippen LogP contribution in [0.5, 0.6) is 0 Å². The lowest BCUT2D eigenvalue weighted by atomic mass is 10.3. The van der Waals surface area contributed by atoms with Crippen molar-refractivity contribution in [3.05, 3.63) is 23.9 Å². The van der Waals surface area contributed by atoms with Crippen LogP contribution in [0.15, 0.2) is 23.2 Å². The number of rotatable bonds is 4. The zero-order valence-electron chi connectivity index (χ0n) is 8.45. The second-order valence-electron chi connectivity index (χ2n) is 3.11. The molecule has 0 fully saturated rings. The average molecular weight is 209 g/mol. The third-order valence-corrected chi connectivity index (χ3v) is 3.10. The number of pyridine rings is 1. The normalized spacial score (nSPS) is 12.4. The van der Waals surface area contributed by atoms with Gasteiger partial charge in [0.05, 0.1) is 5.03 Å². The van der Waals surface area contributed by atoms with Crippen LogP contribution >= 0.6 is 11.8 Å². The number of hydrogen-bond acceptors (Lipinski definition) is 3. The quantitative estimate of drug-likeness (QED) is 0.454. The molecule has 76 valence electrons. The van der Waals surface area contributed by atoms with E-state index in [2.05, 4.69) is 18.8 Å². The van der Waals surface area contributed by atoms with E-state index in [1.54, 1.807) is 17.8 Å². The Morgan fingerprint density at radius 1 is 1.64 bits per heavy atom. The summed E-state index contributed by atoms with van der Waals surface area (Å²) in [6.45, 7) is 4.30. The topological polar surface area (TPSA) is 62.8 Å². The van der Waals surface area contributed by atoms with Gasteiger partial charge < -0.3 is 5.73 Å². The predicted molar refractivity (Wildman–Crippen MR) is 60.9 cm³/mol. The van der Waals surface area contributed by atoms with Crippen LogP contribution in [0.3, 0.4) is 0 Å². The van der Waals surface area contributed by atoms with Crippen molar-refractivity contribution in [1.29, 1.82) is 5.41 Å². The van der Waals surface area contributed by atoms with Gasteiger partial charge in [-0.15, -0.1) is 11.8 Å². The predicted octanol–water partition coefficient (Wildman–Crippen LogP) is 2.26. The number of nitrogens with one attached hydrogen (secondary N) is 1. The van der Waals surface area contributed by atoms with Crippen LogP contribution in [0.25, 0.3) is 0 Å². The van der Waals surface area contributed by atoms with Crippen molar-refractivity contribution in [3.63, 3.8) is 0 Å². The van der Waals surface area contributed by atoms with Gasteiger partial charge in [0.1, 0.15) is 11.5 Å². The van der Waals surface area contributed by atoms with Crippen molar-refractivity contribution in [2.75, 3.05) is 0 Å². The van der Waals surface area contributed by atoms with E-state index < -0.39 is 0 Å². The van der Waals surface area contributed by atoms with E-state index in [1.165, 1.54) is 0 Å². The molecule has 0 bridgehead atoms. The van der Waals surface area contributed by atoms with Crippen molar-refractivity contribution in [1.82, 2.24) is 4.98 Å². The van der Waals surface area contributed by atoms with Crippen molar-refractivity contribution in [3.8, 4) is 0 Å². The Kier molecular flexibility index (Phi) is 3.95. The summed E-state index contributed by atoms with van der Waals surface area (Å²) in [5.74, 6) is 0.0246. The maximum absolute atomic E-state index is 7.27. The van der Waals surface area contributed by atoms with E-state index in [0.717, 1.165) is 11.4 Å². The molecular weight excluding hydrogens is 194 g/mol. The lowest BCUT2D eigenvalue weighted by molar-refractivity contribution is 0.900.